The molecule has 1 amide bonds. The molecule has 0 heterocycles. The van der Waals surface area contributed by atoms with Gasteiger partial charge in [0, 0.05) is 12.1 Å². The third-order valence-electron chi connectivity index (χ3n) is 4.91. The molecule has 0 bridgehead atoms. The van der Waals surface area contributed by atoms with Crippen LogP contribution in [0.3, 0.4) is 0 Å². The molecule has 2 N–H and O–H groups in total. The fourth-order valence-electron chi connectivity index (χ4n) is 3.71. The van der Waals surface area contributed by atoms with Gasteiger partial charge in [-0.2, -0.15) is 0 Å². The molecule has 0 aromatic carbocycles. The average Bonchev–Trinajstić information content (AvgIpc) is 2.97. The van der Waals surface area contributed by atoms with E-state index in [-0.39, 0.29) is 5.91 Å². The highest BCUT2D eigenvalue weighted by Gasteiger charge is 2.24. The second-order valence-corrected chi connectivity index (χ2v) is 6.34. The number of hydrogen-bond acceptors (Lipinski definition) is 2. The average molecular weight is 266 g/mol. The number of amides is 1. The summed E-state index contributed by atoms with van der Waals surface area (Å²) < 4.78 is 0. The zero-order valence-corrected chi connectivity index (χ0v) is 12.4. The summed E-state index contributed by atoms with van der Waals surface area (Å²) in [6, 6.07) is 0.985. The van der Waals surface area contributed by atoms with E-state index in [0.29, 0.717) is 24.5 Å². The van der Waals surface area contributed by atoms with Gasteiger partial charge in [0.05, 0.1) is 6.54 Å². The summed E-state index contributed by atoms with van der Waals surface area (Å²) >= 11 is 0. The number of carbonyl (C=O) groups excluding carboxylic acids is 1. The van der Waals surface area contributed by atoms with Crippen LogP contribution < -0.4 is 10.6 Å². The lowest BCUT2D eigenvalue weighted by Crippen LogP contribution is -2.45. The van der Waals surface area contributed by atoms with Crippen LogP contribution in [0.5, 0.6) is 0 Å². The first-order valence-electron chi connectivity index (χ1n) is 8.32. The highest BCUT2D eigenvalue weighted by Crippen LogP contribution is 2.27. The van der Waals surface area contributed by atoms with Crippen molar-refractivity contribution in [3.63, 3.8) is 0 Å². The molecule has 0 saturated heterocycles. The van der Waals surface area contributed by atoms with Crippen LogP contribution in [0, 0.1) is 5.92 Å². The maximum Gasteiger partial charge on any atom is 0.234 e. The van der Waals surface area contributed by atoms with Gasteiger partial charge in [0.2, 0.25) is 5.91 Å². The first-order valence-corrected chi connectivity index (χ1v) is 8.32. The van der Waals surface area contributed by atoms with Gasteiger partial charge in [-0.1, -0.05) is 39.0 Å². The Balaban J connectivity index is 1.69. The Morgan fingerprint density at radius 2 is 1.68 bits per heavy atom. The molecule has 1 atom stereocenters. The minimum Gasteiger partial charge on any atom is -0.352 e. The van der Waals surface area contributed by atoms with E-state index in [1.807, 2.05) is 0 Å². The number of nitrogens with one attached hydrogen (secondary N) is 2. The quantitative estimate of drug-likeness (QED) is 0.776. The fourth-order valence-corrected chi connectivity index (χ4v) is 3.71. The van der Waals surface area contributed by atoms with Crippen LogP contribution in [-0.2, 0) is 4.79 Å². The van der Waals surface area contributed by atoms with E-state index in [1.54, 1.807) is 0 Å². The smallest absolute Gasteiger partial charge is 0.234 e. The normalized spacial score (nSPS) is 23.4. The van der Waals surface area contributed by atoms with Crippen LogP contribution in [0.4, 0.5) is 0 Å². The van der Waals surface area contributed by atoms with Gasteiger partial charge in [0.1, 0.15) is 0 Å². The number of rotatable bonds is 6. The molecule has 0 aromatic rings. The largest absolute Gasteiger partial charge is 0.352 e. The summed E-state index contributed by atoms with van der Waals surface area (Å²) in [6.07, 6.45) is 12.9. The molecule has 2 aliphatic carbocycles. The van der Waals surface area contributed by atoms with E-state index >= 15 is 0 Å². The van der Waals surface area contributed by atoms with Gasteiger partial charge in [0.15, 0.2) is 0 Å². The van der Waals surface area contributed by atoms with Crippen molar-refractivity contribution in [2.45, 2.75) is 83.2 Å². The summed E-state index contributed by atoms with van der Waals surface area (Å²) in [6.45, 7) is 2.71. The predicted octanol–water partition coefficient (Wildman–Crippen LogP) is 2.99. The molecule has 0 spiro atoms. The van der Waals surface area contributed by atoms with Crippen molar-refractivity contribution in [3.8, 4) is 0 Å². The van der Waals surface area contributed by atoms with Crippen molar-refractivity contribution in [1.82, 2.24) is 10.6 Å². The second kappa shape index (κ2) is 7.88. The summed E-state index contributed by atoms with van der Waals surface area (Å²) in [4.78, 5) is 12.0. The van der Waals surface area contributed by atoms with Crippen molar-refractivity contribution < 1.29 is 4.79 Å². The Labute approximate surface area is 117 Å². The molecular weight excluding hydrogens is 236 g/mol. The molecule has 0 radical (unpaired) electrons. The molecule has 0 aliphatic heterocycles. The lowest BCUT2D eigenvalue weighted by Gasteiger charge is -2.30. The summed E-state index contributed by atoms with van der Waals surface area (Å²) in [5.74, 6) is 0.915. The minimum absolute atomic E-state index is 0.198. The third kappa shape index (κ3) is 4.79. The SMILES string of the molecule is CCC(NC(=O)CNC1CCCC1)C1CCCCC1. The number of hydrogen-bond donors (Lipinski definition) is 2. The predicted molar refractivity (Wildman–Crippen MR) is 79.1 cm³/mol. The summed E-state index contributed by atoms with van der Waals surface area (Å²) in [5, 5.41) is 6.66. The highest BCUT2D eigenvalue weighted by molar-refractivity contribution is 5.78. The van der Waals surface area contributed by atoms with Gasteiger partial charge in [-0.25, -0.2) is 0 Å². The number of carbonyl (C=O) groups is 1. The van der Waals surface area contributed by atoms with E-state index < -0.39 is 0 Å². The summed E-state index contributed by atoms with van der Waals surface area (Å²) in [7, 11) is 0. The van der Waals surface area contributed by atoms with Crippen LogP contribution >= 0.6 is 0 Å². The van der Waals surface area contributed by atoms with Crippen molar-refractivity contribution in [1.29, 1.82) is 0 Å². The Kier molecular flexibility index (Phi) is 6.15. The van der Waals surface area contributed by atoms with Crippen LogP contribution in [-0.4, -0.2) is 24.5 Å². The van der Waals surface area contributed by atoms with Crippen molar-refractivity contribution in [3.05, 3.63) is 0 Å². The molecular formula is C16H30N2O. The molecule has 1 unspecified atom stereocenters. The highest BCUT2D eigenvalue weighted by atomic mass is 16.2. The van der Waals surface area contributed by atoms with Crippen LogP contribution in [0.25, 0.3) is 0 Å². The first kappa shape index (κ1) is 14.8. The maximum atomic E-state index is 12.0. The molecule has 110 valence electrons. The fraction of sp³-hybridized carbons (Fsp3) is 0.938. The Hall–Kier alpha value is -0.570. The van der Waals surface area contributed by atoms with E-state index in [1.165, 1.54) is 57.8 Å². The molecule has 2 rings (SSSR count). The van der Waals surface area contributed by atoms with Crippen LogP contribution in [0.1, 0.15) is 71.1 Å². The molecule has 19 heavy (non-hydrogen) atoms. The zero-order chi connectivity index (χ0) is 13.5. The minimum atomic E-state index is 0.198. The van der Waals surface area contributed by atoms with Gasteiger partial charge >= 0.3 is 0 Å². The van der Waals surface area contributed by atoms with E-state index in [4.69, 9.17) is 0 Å². The zero-order valence-electron chi connectivity index (χ0n) is 12.4. The molecule has 2 aliphatic rings. The standard InChI is InChI=1S/C16H30N2O/c1-2-15(13-8-4-3-5-9-13)18-16(19)12-17-14-10-6-7-11-14/h13-15,17H,2-12H2,1H3,(H,18,19). The molecule has 3 nitrogen and oxygen atoms in total. The lowest BCUT2D eigenvalue weighted by atomic mass is 9.83. The van der Waals surface area contributed by atoms with Crippen molar-refractivity contribution >= 4 is 5.91 Å². The van der Waals surface area contributed by atoms with E-state index in [0.717, 1.165) is 6.42 Å². The van der Waals surface area contributed by atoms with E-state index in [2.05, 4.69) is 17.6 Å². The maximum absolute atomic E-state index is 12.0. The van der Waals surface area contributed by atoms with Gasteiger partial charge in [-0.15, -0.1) is 0 Å². The van der Waals surface area contributed by atoms with Gasteiger partial charge < -0.3 is 10.6 Å². The van der Waals surface area contributed by atoms with Crippen LogP contribution in [0.2, 0.25) is 0 Å². The molecule has 2 fully saturated rings. The van der Waals surface area contributed by atoms with Gasteiger partial charge in [-0.05, 0) is 38.0 Å². The topological polar surface area (TPSA) is 41.1 Å². The van der Waals surface area contributed by atoms with Gasteiger partial charge in [-0.3, -0.25) is 4.79 Å². The Morgan fingerprint density at radius 1 is 1.05 bits per heavy atom. The van der Waals surface area contributed by atoms with Gasteiger partial charge in [0.25, 0.3) is 0 Å². The Morgan fingerprint density at radius 3 is 2.32 bits per heavy atom. The first-order chi connectivity index (χ1) is 9.29. The van der Waals surface area contributed by atoms with Crippen LogP contribution in [0.15, 0.2) is 0 Å². The Bertz CT molecular complexity index is 268. The third-order valence-corrected chi connectivity index (χ3v) is 4.91. The molecule has 3 heteroatoms. The second-order valence-electron chi connectivity index (χ2n) is 6.34. The monoisotopic (exact) mass is 266 g/mol. The van der Waals surface area contributed by atoms with Crippen molar-refractivity contribution in [2.75, 3.05) is 6.54 Å². The lowest BCUT2D eigenvalue weighted by molar-refractivity contribution is -0.121. The molecule has 2 saturated carbocycles. The van der Waals surface area contributed by atoms with E-state index in [9.17, 15) is 4.79 Å². The summed E-state index contributed by atoms with van der Waals surface area (Å²) in [5.41, 5.74) is 0. The van der Waals surface area contributed by atoms with Crippen molar-refractivity contribution in [2.24, 2.45) is 5.92 Å². The molecule has 0 aromatic heterocycles.